The van der Waals surface area contributed by atoms with Gasteiger partial charge in [0.1, 0.15) is 11.9 Å². The zero-order valence-electron chi connectivity index (χ0n) is 20.2. The third-order valence-corrected chi connectivity index (χ3v) is 6.79. The number of ether oxygens (including phenoxy) is 1. The van der Waals surface area contributed by atoms with Gasteiger partial charge in [0.25, 0.3) is 10.0 Å². The number of nitrogens with one attached hydrogen (secondary N) is 1. The summed E-state index contributed by atoms with van der Waals surface area (Å²) in [6.07, 6.45) is -12.5. The molecule has 1 aliphatic carbocycles. The van der Waals surface area contributed by atoms with E-state index in [1.54, 1.807) is 0 Å². The Kier molecular flexibility index (Phi) is 9.64. The van der Waals surface area contributed by atoms with E-state index in [1.165, 1.54) is 42.5 Å². The standard InChI is InChI=1S/C25H22F8N2O4S/c26-17-8-11-21(12-9-17)40(37,38)34-18-4-2-5-19(13-18)35(15-22(36)24(29,30)31)14-16-3-1-6-20(10-7-16)39-25(32,33)23(27)28/h1-13,20,22-23,34,36H,14-15H2. The molecule has 0 radical (unpaired) electrons. The van der Waals surface area contributed by atoms with Gasteiger partial charge in [0.05, 0.1) is 17.1 Å². The maximum absolute atomic E-state index is 13.3. The smallest absolute Gasteiger partial charge is 0.382 e. The summed E-state index contributed by atoms with van der Waals surface area (Å²) in [4.78, 5) is 0.769. The van der Waals surface area contributed by atoms with E-state index in [9.17, 15) is 48.6 Å². The second kappa shape index (κ2) is 12.4. The Morgan fingerprint density at radius 2 is 1.70 bits per heavy atom. The molecule has 15 heteroatoms. The molecule has 2 atom stereocenters. The number of anilines is 2. The Balaban J connectivity index is 1.85. The molecular formula is C25H22F8N2O4S. The SMILES string of the molecule is O=S(=O)(Nc1cccc(N(CC2=CC=CC(OC(F)(F)C(F)F)C=C2)CC(O)C(F)(F)F)c1)c1ccc(F)cc1. The molecule has 2 aromatic carbocycles. The van der Waals surface area contributed by atoms with Crippen LogP contribution in [-0.4, -0.2) is 57.5 Å². The number of aliphatic hydroxyl groups is 1. The van der Waals surface area contributed by atoms with Crippen LogP contribution in [0.5, 0.6) is 0 Å². The summed E-state index contributed by atoms with van der Waals surface area (Å²) in [5.74, 6) is -0.669. The minimum Gasteiger partial charge on any atom is -0.382 e. The van der Waals surface area contributed by atoms with Gasteiger partial charge in [0, 0.05) is 12.2 Å². The Morgan fingerprint density at radius 1 is 1.02 bits per heavy atom. The first-order valence-electron chi connectivity index (χ1n) is 11.3. The van der Waals surface area contributed by atoms with Crippen LogP contribution in [-0.2, 0) is 14.8 Å². The van der Waals surface area contributed by atoms with E-state index in [-0.39, 0.29) is 28.4 Å². The van der Waals surface area contributed by atoms with E-state index in [0.29, 0.717) is 0 Å². The van der Waals surface area contributed by atoms with Crippen molar-refractivity contribution in [2.45, 2.75) is 35.8 Å². The number of nitrogens with zero attached hydrogens (tertiary/aromatic N) is 1. The average molecular weight is 599 g/mol. The predicted molar refractivity (Wildman–Crippen MR) is 130 cm³/mol. The molecule has 3 rings (SSSR count). The van der Waals surface area contributed by atoms with E-state index < -0.39 is 53.3 Å². The van der Waals surface area contributed by atoms with E-state index in [1.807, 2.05) is 0 Å². The number of hydrogen-bond donors (Lipinski definition) is 2. The van der Waals surface area contributed by atoms with Gasteiger partial charge < -0.3 is 14.7 Å². The normalized spacial score (nSPS) is 16.9. The highest BCUT2D eigenvalue weighted by atomic mass is 32.2. The fourth-order valence-electron chi connectivity index (χ4n) is 3.43. The molecule has 2 unspecified atom stereocenters. The molecular weight excluding hydrogens is 576 g/mol. The highest BCUT2D eigenvalue weighted by Gasteiger charge is 2.44. The largest absolute Gasteiger partial charge is 0.417 e. The van der Waals surface area contributed by atoms with Crippen LogP contribution < -0.4 is 9.62 Å². The fraction of sp³-hybridized carbons (Fsp3) is 0.280. The van der Waals surface area contributed by atoms with E-state index in [0.717, 1.165) is 41.3 Å². The minimum atomic E-state index is -5.01. The second-order valence-electron chi connectivity index (χ2n) is 8.48. The molecule has 0 spiro atoms. The van der Waals surface area contributed by atoms with Crippen LogP contribution in [0.4, 0.5) is 46.5 Å². The lowest BCUT2D eigenvalue weighted by Gasteiger charge is -2.29. The van der Waals surface area contributed by atoms with Crippen molar-refractivity contribution in [1.29, 1.82) is 0 Å². The van der Waals surface area contributed by atoms with Gasteiger partial charge in [-0.3, -0.25) is 4.72 Å². The molecule has 2 N–H and O–H groups in total. The zero-order valence-corrected chi connectivity index (χ0v) is 21.0. The van der Waals surface area contributed by atoms with Gasteiger partial charge in [0.2, 0.25) is 0 Å². The van der Waals surface area contributed by atoms with Crippen molar-refractivity contribution >= 4 is 21.4 Å². The van der Waals surface area contributed by atoms with Crippen LogP contribution in [0.1, 0.15) is 0 Å². The Bertz CT molecular complexity index is 1360. The van der Waals surface area contributed by atoms with Crippen molar-refractivity contribution in [3.63, 3.8) is 0 Å². The molecule has 0 aromatic heterocycles. The van der Waals surface area contributed by atoms with Gasteiger partial charge in [-0.25, -0.2) is 21.6 Å². The second-order valence-corrected chi connectivity index (χ2v) is 10.2. The van der Waals surface area contributed by atoms with Gasteiger partial charge in [-0.15, -0.1) is 0 Å². The molecule has 40 heavy (non-hydrogen) atoms. The molecule has 0 saturated carbocycles. The van der Waals surface area contributed by atoms with Gasteiger partial charge in [-0.1, -0.05) is 36.4 Å². The third kappa shape index (κ3) is 8.53. The zero-order chi connectivity index (χ0) is 29.7. The van der Waals surface area contributed by atoms with Crippen molar-refractivity contribution in [2.24, 2.45) is 0 Å². The monoisotopic (exact) mass is 598 g/mol. The first-order chi connectivity index (χ1) is 18.6. The van der Waals surface area contributed by atoms with E-state index in [2.05, 4.69) is 9.46 Å². The van der Waals surface area contributed by atoms with E-state index in [4.69, 9.17) is 0 Å². The topological polar surface area (TPSA) is 78.9 Å². The summed E-state index contributed by atoms with van der Waals surface area (Å²) < 4.78 is 136. The number of sulfonamides is 1. The molecule has 0 aliphatic heterocycles. The lowest BCUT2D eigenvalue weighted by Crippen LogP contribution is -2.41. The molecule has 1 aliphatic rings. The molecule has 6 nitrogen and oxygen atoms in total. The van der Waals surface area contributed by atoms with Crippen molar-refractivity contribution < 1.29 is 53.4 Å². The number of aliphatic hydroxyl groups excluding tert-OH is 1. The van der Waals surface area contributed by atoms with Crippen molar-refractivity contribution in [1.82, 2.24) is 0 Å². The Morgan fingerprint density at radius 3 is 2.33 bits per heavy atom. The lowest BCUT2D eigenvalue weighted by atomic mass is 10.1. The van der Waals surface area contributed by atoms with E-state index >= 15 is 0 Å². The number of benzene rings is 2. The van der Waals surface area contributed by atoms with Crippen molar-refractivity contribution in [3.05, 3.63) is 90.3 Å². The average Bonchev–Trinajstić information content (AvgIpc) is 3.07. The molecule has 0 saturated heterocycles. The molecule has 2 aromatic rings. The van der Waals surface area contributed by atoms with Crippen LogP contribution in [0.2, 0.25) is 0 Å². The highest BCUT2D eigenvalue weighted by Crippen LogP contribution is 2.29. The summed E-state index contributed by atoms with van der Waals surface area (Å²) in [5, 5.41) is 9.72. The number of allylic oxidation sites excluding steroid dienone is 2. The van der Waals surface area contributed by atoms with Crippen LogP contribution in [0, 0.1) is 5.82 Å². The third-order valence-electron chi connectivity index (χ3n) is 5.39. The summed E-state index contributed by atoms with van der Waals surface area (Å²) in [6, 6.07) is 9.05. The van der Waals surface area contributed by atoms with Crippen molar-refractivity contribution in [2.75, 3.05) is 22.7 Å². The van der Waals surface area contributed by atoms with Crippen LogP contribution in [0.3, 0.4) is 0 Å². The lowest BCUT2D eigenvalue weighted by molar-refractivity contribution is -0.306. The molecule has 0 heterocycles. The highest BCUT2D eigenvalue weighted by molar-refractivity contribution is 7.92. The quantitative estimate of drug-likeness (QED) is 0.327. The van der Waals surface area contributed by atoms with Gasteiger partial charge in [-0.05, 0) is 48.0 Å². The van der Waals surface area contributed by atoms with Crippen LogP contribution >= 0.6 is 0 Å². The van der Waals surface area contributed by atoms with Crippen LogP contribution in [0.15, 0.2) is 89.4 Å². The molecule has 0 amide bonds. The fourth-order valence-corrected chi connectivity index (χ4v) is 4.48. The number of rotatable bonds is 11. The maximum atomic E-state index is 13.3. The van der Waals surface area contributed by atoms with Crippen LogP contribution in [0.25, 0.3) is 0 Å². The Hall–Kier alpha value is -3.43. The van der Waals surface area contributed by atoms with Crippen molar-refractivity contribution in [3.8, 4) is 0 Å². The molecule has 0 bridgehead atoms. The number of halogens is 8. The van der Waals surface area contributed by atoms with Gasteiger partial charge in [-0.2, -0.15) is 22.0 Å². The minimum absolute atomic E-state index is 0.0298. The first-order valence-corrected chi connectivity index (χ1v) is 12.8. The summed E-state index contributed by atoms with van der Waals surface area (Å²) in [7, 11) is -4.20. The predicted octanol–water partition coefficient (Wildman–Crippen LogP) is 5.65. The molecule has 0 fully saturated rings. The molecule has 218 valence electrons. The summed E-state index contributed by atoms with van der Waals surface area (Å²) in [6.45, 7) is -1.35. The Labute approximate surface area is 223 Å². The first kappa shape index (κ1) is 31.1. The van der Waals surface area contributed by atoms with Gasteiger partial charge >= 0.3 is 18.7 Å². The summed E-state index contributed by atoms with van der Waals surface area (Å²) >= 11 is 0. The summed E-state index contributed by atoms with van der Waals surface area (Å²) in [5.41, 5.74) is 0.179. The maximum Gasteiger partial charge on any atom is 0.417 e. The number of hydrogen-bond acceptors (Lipinski definition) is 5. The number of alkyl halides is 7. The van der Waals surface area contributed by atoms with Gasteiger partial charge in [0.15, 0.2) is 6.10 Å².